The Morgan fingerprint density at radius 3 is 3.00 bits per heavy atom. The molecule has 5 nitrogen and oxygen atoms in total. The van der Waals surface area contributed by atoms with Crippen LogP contribution in [-0.4, -0.2) is 27.1 Å². The number of hydrogen-bond acceptors (Lipinski definition) is 4. The first-order valence-corrected chi connectivity index (χ1v) is 3.95. The van der Waals surface area contributed by atoms with Gasteiger partial charge in [-0.15, -0.1) is 0 Å². The van der Waals surface area contributed by atoms with E-state index >= 15 is 0 Å². The van der Waals surface area contributed by atoms with Crippen molar-refractivity contribution in [2.24, 2.45) is 0 Å². The Bertz CT molecular complexity index is 318. The predicted octanol–water partition coefficient (Wildman–Crippen LogP) is 1.01. The van der Waals surface area contributed by atoms with Gasteiger partial charge < -0.3 is 10.4 Å². The van der Waals surface area contributed by atoms with Crippen LogP contribution in [0.25, 0.3) is 0 Å². The van der Waals surface area contributed by atoms with Crippen molar-refractivity contribution >= 4 is 23.5 Å². The lowest BCUT2D eigenvalue weighted by atomic mass is 10.3. The van der Waals surface area contributed by atoms with E-state index in [2.05, 4.69) is 15.3 Å². The third-order valence-electron chi connectivity index (χ3n) is 1.34. The van der Waals surface area contributed by atoms with Gasteiger partial charge in [0.25, 0.3) is 0 Å². The van der Waals surface area contributed by atoms with Crippen LogP contribution >= 0.6 is 11.6 Å². The molecule has 2 N–H and O–H groups in total. The third kappa shape index (κ3) is 2.87. The molecule has 0 spiro atoms. The van der Waals surface area contributed by atoms with E-state index in [9.17, 15) is 4.79 Å². The maximum atomic E-state index is 10.4. The van der Waals surface area contributed by atoms with Gasteiger partial charge in [0.05, 0.1) is 0 Å². The zero-order valence-corrected chi connectivity index (χ0v) is 7.62. The SMILES string of the molecule is C[C@H](Nc1nccc(Cl)n1)C(=O)O. The van der Waals surface area contributed by atoms with Crippen LogP contribution in [0.5, 0.6) is 0 Å². The van der Waals surface area contributed by atoms with Gasteiger partial charge in [0.2, 0.25) is 5.95 Å². The summed E-state index contributed by atoms with van der Waals surface area (Å²) in [5, 5.41) is 11.4. The highest BCUT2D eigenvalue weighted by Gasteiger charge is 2.11. The van der Waals surface area contributed by atoms with Crippen molar-refractivity contribution in [1.82, 2.24) is 9.97 Å². The minimum absolute atomic E-state index is 0.211. The largest absolute Gasteiger partial charge is 0.480 e. The molecule has 13 heavy (non-hydrogen) atoms. The van der Waals surface area contributed by atoms with Crippen LogP contribution < -0.4 is 5.32 Å². The Hall–Kier alpha value is -1.36. The molecule has 0 aliphatic rings. The predicted molar refractivity (Wildman–Crippen MR) is 47.8 cm³/mol. The maximum Gasteiger partial charge on any atom is 0.325 e. The van der Waals surface area contributed by atoms with Crippen LogP contribution in [0, 0.1) is 0 Å². The molecule has 1 rings (SSSR count). The fraction of sp³-hybridized carbons (Fsp3) is 0.286. The number of carbonyl (C=O) groups is 1. The number of carboxylic acids is 1. The lowest BCUT2D eigenvalue weighted by Gasteiger charge is -2.07. The molecule has 0 aliphatic heterocycles. The van der Waals surface area contributed by atoms with Crippen molar-refractivity contribution in [3.63, 3.8) is 0 Å². The Kier molecular flexibility index (Phi) is 3.02. The van der Waals surface area contributed by atoms with Crippen molar-refractivity contribution in [1.29, 1.82) is 0 Å². The van der Waals surface area contributed by atoms with E-state index in [0.29, 0.717) is 0 Å². The first-order valence-electron chi connectivity index (χ1n) is 3.57. The lowest BCUT2D eigenvalue weighted by Crippen LogP contribution is -2.26. The Balaban J connectivity index is 2.69. The number of carboxylic acid groups (broad SMARTS) is 1. The van der Waals surface area contributed by atoms with Gasteiger partial charge in [0, 0.05) is 6.20 Å². The van der Waals surface area contributed by atoms with E-state index in [1.807, 2.05) is 0 Å². The van der Waals surface area contributed by atoms with Crippen LogP contribution in [0.1, 0.15) is 6.92 Å². The standard InChI is InChI=1S/C7H8ClN3O2/c1-4(6(12)13)10-7-9-3-2-5(8)11-7/h2-4H,1H3,(H,12,13)(H,9,10,11)/t4-/m0/s1. The minimum atomic E-state index is -0.969. The molecule has 0 fully saturated rings. The zero-order valence-electron chi connectivity index (χ0n) is 6.86. The van der Waals surface area contributed by atoms with E-state index in [4.69, 9.17) is 16.7 Å². The summed E-state index contributed by atoms with van der Waals surface area (Å²) >= 11 is 5.57. The summed E-state index contributed by atoms with van der Waals surface area (Å²) in [5.74, 6) is -0.758. The molecule has 0 aliphatic carbocycles. The Morgan fingerprint density at radius 2 is 2.46 bits per heavy atom. The quantitative estimate of drug-likeness (QED) is 0.714. The van der Waals surface area contributed by atoms with Crippen molar-refractivity contribution < 1.29 is 9.90 Å². The summed E-state index contributed by atoms with van der Waals surface area (Å²) in [4.78, 5) is 18.0. The average Bonchev–Trinajstić information content (AvgIpc) is 2.04. The van der Waals surface area contributed by atoms with E-state index < -0.39 is 12.0 Å². The smallest absolute Gasteiger partial charge is 0.325 e. The van der Waals surface area contributed by atoms with Crippen LogP contribution in [-0.2, 0) is 4.79 Å². The highest BCUT2D eigenvalue weighted by atomic mass is 35.5. The number of nitrogens with zero attached hydrogens (tertiary/aromatic N) is 2. The normalized spacial score (nSPS) is 12.2. The summed E-state index contributed by atoms with van der Waals surface area (Å²) in [5.41, 5.74) is 0. The molecular formula is C7H8ClN3O2. The highest BCUT2D eigenvalue weighted by Crippen LogP contribution is 2.06. The van der Waals surface area contributed by atoms with Gasteiger partial charge in [-0.3, -0.25) is 4.79 Å². The van der Waals surface area contributed by atoms with Gasteiger partial charge in [-0.05, 0) is 13.0 Å². The first-order chi connectivity index (χ1) is 6.09. The Morgan fingerprint density at radius 1 is 1.77 bits per heavy atom. The summed E-state index contributed by atoms with van der Waals surface area (Å²) < 4.78 is 0. The van der Waals surface area contributed by atoms with Crippen LogP contribution in [0.4, 0.5) is 5.95 Å². The van der Waals surface area contributed by atoms with E-state index in [1.54, 1.807) is 0 Å². The van der Waals surface area contributed by atoms with Crippen LogP contribution in [0.3, 0.4) is 0 Å². The van der Waals surface area contributed by atoms with Crippen LogP contribution in [0.15, 0.2) is 12.3 Å². The van der Waals surface area contributed by atoms with E-state index in [1.165, 1.54) is 19.2 Å². The van der Waals surface area contributed by atoms with Gasteiger partial charge in [0.15, 0.2) is 0 Å². The maximum absolute atomic E-state index is 10.4. The number of rotatable bonds is 3. The molecule has 0 saturated heterocycles. The monoisotopic (exact) mass is 201 g/mol. The molecular weight excluding hydrogens is 194 g/mol. The summed E-state index contributed by atoms with van der Waals surface area (Å²) in [7, 11) is 0. The number of halogens is 1. The molecule has 0 aromatic carbocycles. The second kappa shape index (κ2) is 4.04. The number of nitrogens with one attached hydrogen (secondary N) is 1. The van der Waals surface area contributed by atoms with Gasteiger partial charge in [-0.25, -0.2) is 9.97 Å². The van der Waals surface area contributed by atoms with Crippen molar-refractivity contribution in [3.05, 3.63) is 17.4 Å². The number of hydrogen-bond donors (Lipinski definition) is 2. The highest BCUT2D eigenvalue weighted by molar-refractivity contribution is 6.29. The van der Waals surface area contributed by atoms with Crippen molar-refractivity contribution in [2.75, 3.05) is 5.32 Å². The fourth-order valence-corrected chi connectivity index (χ4v) is 0.798. The van der Waals surface area contributed by atoms with Gasteiger partial charge in [-0.2, -0.15) is 0 Å². The molecule has 0 bridgehead atoms. The number of aromatic nitrogens is 2. The van der Waals surface area contributed by atoms with Crippen molar-refractivity contribution in [3.8, 4) is 0 Å². The van der Waals surface area contributed by atoms with Gasteiger partial charge in [-0.1, -0.05) is 11.6 Å². The van der Waals surface area contributed by atoms with Crippen molar-refractivity contribution in [2.45, 2.75) is 13.0 Å². The molecule has 1 aromatic rings. The second-order valence-corrected chi connectivity index (χ2v) is 2.79. The summed E-state index contributed by atoms with van der Waals surface area (Å²) in [6, 6.07) is 0.775. The topological polar surface area (TPSA) is 75.1 Å². The molecule has 1 heterocycles. The fourth-order valence-electron chi connectivity index (χ4n) is 0.662. The van der Waals surface area contributed by atoms with Crippen LogP contribution in [0.2, 0.25) is 5.15 Å². The molecule has 70 valence electrons. The van der Waals surface area contributed by atoms with Gasteiger partial charge in [0.1, 0.15) is 11.2 Å². The molecule has 0 saturated carbocycles. The second-order valence-electron chi connectivity index (χ2n) is 2.41. The number of anilines is 1. The summed E-state index contributed by atoms with van der Waals surface area (Å²) in [6.45, 7) is 1.49. The number of aliphatic carboxylic acids is 1. The molecule has 1 atom stereocenters. The summed E-state index contributed by atoms with van der Waals surface area (Å²) in [6.07, 6.45) is 1.45. The zero-order chi connectivity index (χ0) is 9.84. The minimum Gasteiger partial charge on any atom is -0.480 e. The molecule has 0 radical (unpaired) electrons. The Labute approximate surface area is 79.8 Å². The molecule has 1 aromatic heterocycles. The molecule has 0 amide bonds. The van der Waals surface area contributed by atoms with Gasteiger partial charge >= 0.3 is 5.97 Å². The van der Waals surface area contributed by atoms with E-state index in [-0.39, 0.29) is 11.1 Å². The third-order valence-corrected chi connectivity index (χ3v) is 1.55. The lowest BCUT2D eigenvalue weighted by molar-refractivity contribution is -0.137. The first kappa shape index (κ1) is 9.73. The van der Waals surface area contributed by atoms with E-state index in [0.717, 1.165) is 0 Å². The molecule has 6 heteroatoms. The molecule has 0 unspecified atom stereocenters. The average molecular weight is 202 g/mol.